The third-order valence-corrected chi connectivity index (χ3v) is 9.36. The van der Waals surface area contributed by atoms with Crippen LogP contribution in [0.15, 0.2) is 69.6 Å². The van der Waals surface area contributed by atoms with Gasteiger partial charge in [0.1, 0.15) is 6.61 Å². The summed E-state index contributed by atoms with van der Waals surface area (Å²) in [5.41, 5.74) is 2.10. The molecular weight excluding hydrogens is 723 g/mol. The molecule has 1 atom stereocenters. The number of halogens is 2. The zero-order chi connectivity index (χ0) is 36.2. The van der Waals surface area contributed by atoms with Gasteiger partial charge in [0.25, 0.3) is 5.56 Å². The van der Waals surface area contributed by atoms with Crippen molar-refractivity contribution in [2.45, 2.75) is 33.4 Å². The van der Waals surface area contributed by atoms with Crippen molar-refractivity contribution in [2.24, 2.45) is 4.99 Å². The van der Waals surface area contributed by atoms with Crippen molar-refractivity contribution in [3.05, 3.63) is 106 Å². The van der Waals surface area contributed by atoms with E-state index in [9.17, 15) is 14.4 Å². The quantitative estimate of drug-likeness (QED) is 0.174. The number of hydrogen-bond donors (Lipinski definition) is 0. The molecule has 4 aromatic rings. The van der Waals surface area contributed by atoms with E-state index in [4.69, 9.17) is 51.6 Å². The maximum Gasteiger partial charge on any atom is 0.343 e. The number of allylic oxidation sites excluding steroid dienone is 1. The molecule has 0 saturated carbocycles. The molecule has 0 saturated heterocycles. The standard InChI is InChI=1S/C36H32Cl2N2O10S/c1-5-45-28-15-22(8-10-25(28)47-17-30(41)44-4)32-31(35(43)46-6-2)19(3)39-36-40(32)34(42)29(51-36)14-21-11-23(37)33(24(38)12-21)48-16-20-7-9-26-27(13-20)50-18-49-26/h7-15,32H,5-6,16-18H2,1-4H3/b29-14-/t32-/m0/s1. The number of benzene rings is 3. The van der Waals surface area contributed by atoms with Crippen molar-refractivity contribution in [2.75, 3.05) is 33.7 Å². The zero-order valence-electron chi connectivity index (χ0n) is 28.0. The first kappa shape index (κ1) is 35.8. The highest BCUT2D eigenvalue weighted by Crippen LogP contribution is 2.38. The lowest BCUT2D eigenvalue weighted by molar-refractivity contribution is -0.143. The molecule has 2 aliphatic rings. The van der Waals surface area contributed by atoms with Gasteiger partial charge in [0, 0.05) is 0 Å². The predicted octanol–water partition coefficient (Wildman–Crippen LogP) is 5.36. The van der Waals surface area contributed by atoms with Crippen LogP contribution < -0.4 is 38.6 Å². The van der Waals surface area contributed by atoms with Gasteiger partial charge >= 0.3 is 11.9 Å². The van der Waals surface area contributed by atoms with Crippen molar-refractivity contribution in [1.29, 1.82) is 0 Å². The second-order valence-electron chi connectivity index (χ2n) is 11.1. The highest BCUT2D eigenvalue weighted by Gasteiger charge is 2.34. The van der Waals surface area contributed by atoms with Crippen LogP contribution in [0.2, 0.25) is 10.0 Å². The molecule has 15 heteroatoms. The Bertz CT molecular complexity index is 2210. The molecule has 0 unspecified atom stereocenters. The van der Waals surface area contributed by atoms with Crippen molar-refractivity contribution in [3.8, 4) is 28.7 Å². The number of esters is 2. The Morgan fingerprint density at radius 2 is 1.75 bits per heavy atom. The van der Waals surface area contributed by atoms with E-state index in [0.29, 0.717) is 43.4 Å². The smallest absolute Gasteiger partial charge is 0.343 e. The Hall–Kier alpha value is -4.98. The lowest BCUT2D eigenvalue weighted by Crippen LogP contribution is -2.40. The van der Waals surface area contributed by atoms with E-state index in [0.717, 1.165) is 16.9 Å². The first-order valence-corrected chi connectivity index (χ1v) is 17.3. The summed E-state index contributed by atoms with van der Waals surface area (Å²) in [6.45, 7) is 5.60. The molecule has 2 aliphatic heterocycles. The molecule has 0 fully saturated rings. The minimum absolute atomic E-state index is 0.120. The lowest BCUT2D eigenvalue weighted by Gasteiger charge is -2.25. The summed E-state index contributed by atoms with van der Waals surface area (Å²) in [6.07, 6.45) is 1.65. The Morgan fingerprint density at radius 3 is 2.47 bits per heavy atom. The molecule has 0 aliphatic carbocycles. The molecule has 0 spiro atoms. The van der Waals surface area contributed by atoms with E-state index >= 15 is 0 Å². The summed E-state index contributed by atoms with van der Waals surface area (Å²) in [7, 11) is 1.26. The molecule has 0 bridgehead atoms. The molecule has 1 aromatic heterocycles. The second kappa shape index (κ2) is 15.5. The first-order valence-electron chi connectivity index (χ1n) is 15.8. The summed E-state index contributed by atoms with van der Waals surface area (Å²) in [6, 6.07) is 12.8. The van der Waals surface area contributed by atoms with Gasteiger partial charge < -0.3 is 33.2 Å². The fourth-order valence-corrected chi connectivity index (χ4v) is 7.18. The van der Waals surface area contributed by atoms with Crippen LogP contribution in [-0.4, -0.2) is 50.2 Å². The Balaban J connectivity index is 1.37. The molecule has 0 radical (unpaired) electrons. The van der Waals surface area contributed by atoms with E-state index < -0.39 is 23.5 Å². The molecule has 0 N–H and O–H groups in total. The molecule has 3 heterocycles. The second-order valence-corrected chi connectivity index (χ2v) is 12.9. The third-order valence-electron chi connectivity index (χ3n) is 7.81. The molecule has 6 rings (SSSR count). The molecule has 51 heavy (non-hydrogen) atoms. The van der Waals surface area contributed by atoms with Crippen LogP contribution in [0.5, 0.6) is 28.7 Å². The Morgan fingerprint density at radius 1 is 0.980 bits per heavy atom. The van der Waals surface area contributed by atoms with Gasteiger partial charge in [0.15, 0.2) is 40.2 Å². The molecule has 3 aromatic carbocycles. The van der Waals surface area contributed by atoms with Crippen molar-refractivity contribution >= 4 is 52.6 Å². The number of nitrogens with zero attached hydrogens (tertiary/aromatic N) is 2. The number of aromatic nitrogens is 1. The summed E-state index contributed by atoms with van der Waals surface area (Å²) in [5, 5.41) is 0.497. The van der Waals surface area contributed by atoms with Crippen LogP contribution in [-0.2, 0) is 25.7 Å². The van der Waals surface area contributed by atoms with E-state index in [2.05, 4.69) is 9.73 Å². The minimum atomic E-state index is -0.921. The van der Waals surface area contributed by atoms with Gasteiger partial charge in [-0.05, 0) is 79.9 Å². The molecule has 0 amide bonds. The maximum atomic E-state index is 14.2. The van der Waals surface area contributed by atoms with Gasteiger partial charge in [-0.15, -0.1) is 0 Å². The fraction of sp³-hybridized carbons (Fsp3) is 0.278. The van der Waals surface area contributed by atoms with Crippen LogP contribution in [0.3, 0.4) is 0 Å². The van der Waals surface area contributed by atoms with Crippen LogP contribution >= 0.6 is 34.5 Å². The van der Waals surface area contributed by atoms with E-state index in [1.165, 1.54) is 11.7 Å². The van der Waals surface area contributed by atoms with Gasteiger partial charge in [0.05, 0.1) is 52.2 Å². The number of methoxy groups -OCH3 is 1. The average molecular weight is 756 g/mol. The zero-order valence-corrected chi connectivity index (χ0v) is 30.3. The van der Waals surface area contributed by atoms with Gasteiger partial charge in [-0.25, -0.2) is 14.6 Å². The third kappa shape index (κ3) is 7.55. The van der Waals surface area contributed by atoms with Crippen LogP contribution in [0.4, 0.5) is 0 Å². The summed E-state index contributed by atoms with van der Waals surface area (Å²) >= 11 is 14.4. The summed E-state index contributed by atoms with van der Waals surface area (Å²) < 4.78 is 40.1. The van der Waals surface area contributed by atoms with E-state index in [1.807, 2.05) is 12.1 Å². The monoisotopic (exact) mass is 754 g/mol. The average Bonchev–Trinajstić information content (AvgIpc) is 3.70. The van der Waals surface area contributed by atoms with Crippen molar-refractivity contribution in [3.63, 3.8) is 0 Å². The normalized spacial score (nSPS) is 14.9. The topological polar surface area (TPSA) is 133 Å². The van der Waals surface area contributed by atoms with Gasteiger partial charge in [-0.2, -0.15) is 0 Å². The summed E-state index contributed by atoms with van der Waals surface area (Å²) in [5.74, 6) is 0.998. The minimum Gasteiger partial charge on any atom is -0.490 e. The van der Waals surface area contributed by atoms with Crippen LogP contribution in [0.1, 0.15) is 43.5 Å². The number of rotatable bonds is 12. The van der Waals surface area contributed by atoms with Crippen LogP contribution in [0, 0.1) is 0 Å². The SMILES string of the molecule is CCOC(=O)C1=C(C)N=c2s/c(=C\c3cc(Cl)c(OCc4ccc5c(c4)OCO5)c(Cl)c3)c(=O)n2[C@H]1c1ccc(OCC(=O)OC)c(OCC)c1. The van der Waals surface area contributed by atoms with Crippen molar-refractivity contribution < 1.29 is 42.7 Å². The lowest BCUT2D eigenvalue weighted by atomic mass is 9.95. The molecule has 266 valence electrons. The number of hydrogen-bond acceptors (Lipinski definition) is 12. The number of carbonyl (C=O) groups is 2. The molecule has 12 nitrogen and oxygen atoms in total. The first-order chi connectivity index (χ1) is 24.6. The number of ether oxygens (including phenoxy) is 7. The predicted molar refractivity (Wildman–Crippen MR) is 189 cm³/mol. The van der Waals surface area contributed by atoms with Crippen LogP contribution in [0.25, 0.3) is 6.08 Å². The number of thiazole rings is 1. The van der Waals surface area contributed by atoms with Gasteiger partial charge in [-0.1, -0.05) is 46.7 Å². The Labute approximate surface area is 306 Å². The Kier molecular flexibility index (Phi) is 10.9. The largest absolute Gasteiger partial charge is 0.490 e. The van der Waals surface area contributed by atoms with Crippen molar-refractivity contribution in [1.82, 2.24) is 4.57 Å². The number of fused-ring (bicyclic) bond motifs is 2. The molecular formula is C36H32Cl2N2O10S. The van der Waals surface area contributed by atoms with Gasteiger partial charge in [-0.3, -0.25) is 9.36 Å². The summed E-state index contributed by atoms with van der Waals surface area (Å²) in [4.78, 5) is 44.3. The number of carbonyl (C=O) groups excluding carboxylic acids is 2. The van der Waals surface area contributed by atoms with E-state index in [1.54, 1.807) is 63.2 Å². The highest BCUT2D eigenvalue weighted by molar-refractivity contribution is 7.07. The maximum absolute atomic E-state index is 14.2. The highest BCUT2D eigenvalue weighted by atomic mass is 35.5. The van der Waals surface area contributed by atoms with Gasteiger partial charge in [0.2, 0.25) is 6.79 Å². The fourth-order valence-electron chi connectivity index (χ4n) is 5.52. The van der Waals surface area contributed by atoms with E-state index in [-0.39, 0.29) is 60.3 Å².